The number of unbranched alkanes of at least 4 members (excludes halogenated alkanes) is 2. The van der Waals surface area contributed by atoms with Crippen LogP contribution in [-0.2, 0) is 4.74 Å². The zero-order valence-corrected chi connectivity index (χ0v) is 9.26. The maximum Gasteiger partial charge on any atom is 0.330 e. The molecule has 0 saturated carbocycles. The van der Waals surface area contributed by atoms with Gasteiger partial charge in [0, 0.05) is 0 Å². The lowest BCUT2D eigenvalue weighted by Crippen LogP contribution is -2.33. The lowest BCUT2D eigenvalue weighted by Gasteiger charge is -2.17. The van der Waals surface area contributed by atoms with Gasteiger partial charge < -0.3 is 9.84 Å². The highest BCUT2D eigenvalue weighted by Gasteiger charge is 2.41. The second-order valence-electron chi connectivity index (χ2n) is 3.73. The summed E-state index contributed by atoms with van der Waals surface area (Å²) in [5, 5.41) is 9.25. The molecule has 0 aliphatic heterocycles. The minimum absolute atomic E-state index is 0.327. The van der Waals surface area contributed by atoms with Gasteiger partial charge in [0.05, 0.1) is 12.7 Å². The summed E-state index contributed by atoms with van der Waals surface area (Å²) in [6.07, 6.45) is -1.47. The fraction of sp³-hybridized carbons (Fsp3) is 1.00. The normalized spacial score (nSPS) is 14.4. The second-order valence-corrected chi connectivity index (χ2v) is 3.73. The number of ether oxygens (including phenoxy) is 1. The average Bonchev–Trinajstić information content (AvgIpc) is 2.17. The topological polar surface area (TPSA) is 29.5 Å². The van der Waals surface area contributed by atoms with Gasteiger partial charge in [0.25, 0.3) is 0 Å². The largest absolute Gasteiger partial charge is 0.391 e. The molecule has 0 aromatic carbocycles. The fourth-order valence-corrected chi connectivity index (χ4v) is 1.11. The van der Waals surface area contributed by atoms with E-state index >= 15 is 0 Å². The number of hydrogen-bond acceptors (Lipinski definition) is 2. The van der Waals surface area contributed by atoms with Crippen molar-refractivity contribution in [3.63, 3.8) is 0 Å². The number of hydrogen-bond donors (Lipinski definition) is 1. The van der Waals surface area contributed by atoms with Gasteiger partial charge in [0.2, 0.25) is 0 Å². The van der Waals surface area contributed by atoms with E-state index in [1.165, 1.54) is 0 Å². The summed E-state index contributed by atoms with van der Waals surface area (Å²) in [6.45, 7) is 0.313. The van der Waals surface area contributed by atoms with Crippen molar-refractivity contribution in [2.75, 3.05) is 13.2 Å². The third kappa shape index (κ3) is 7.00. The van der Waals surface area contributed by atoms with Crippen molar-refractivity contribution in [2.24, 2.45) is 0 Å². The molecule has 0 fully saturated rings. The molecule has 1 N–H and O–H groups in total. The Labute approximate surface area is 92.6 Å². The van der Waals surface area contributed by atoms with Crippen LogP contribution in [0.5, 0.6) is 0 Å². The van der Waals surface area contributed by atoms with Crippen molar-refractivity contribution in [1.82, 2.24) is 0 Å². The van der Waals surface area contributed by atoms with E-state index in [9.17, 15) is 22.7 Å². The van der Waals surface area contributed by atoms with E-state index in [0.29, 0.717) is 6.42 Å². The van der Waals surface area contributed by atoms with Crippen LogP contribution < -0.4 is 0 Å². The molecule has 0 aliphatic rings. The van der Waals surface area contributed by atoms with Gasteiger partial charge in [-0.3, -0.25) is 0 Å². The Hall–Kier alpha value is -0.360. The molecule has 0 aromatic heterocycles. The number of aliphatic hydroxyl groups excluding tert-OH is 1. The molecule has 0 bridgehead atoms. The second kappa shape index (κ2) is 7.84. The SMILES string of the molecule is CCCCCC(O)COCC(F)(F)C(F)F. The minimum Gasteiger partial charge on any atom is -0.391 e. The molecule has 0 heterocycles. The van der Waals surface area contributed by atoms with Gasteiger partial charge in [-0.05, 0) is 6.42 Å². The molecule has 0 spiro atoms. The molecule has 0 aliphatic carbocycles. The Morgan fingerprint density at radius 2 is 1.88 bits per heavy atom. The van der Waals surface area contributed by atoms with Crippen LogP contribution in [0.15, 0.2) is 0 Å². The third-order valence-corrected chi connectivity index (χ3v) is 2.06. The lowest BCUT2D eigenvalue weighted by atomic mass is 10.1. The highest BCUT2D eigenvalue weighted by molar-refractivity contribution is 4.68. The van der Waals surface area contributed by atoms with Crippen molar-refractivity contribution in [3.05, 3.63) is 0 Å². The third-order valence-electron chi connectivity index (χ3n) is 2.06. The molecule has 0 amide bonds. The van der Waals surface area contributed by atoms with Crippen LogP contribution in [0, 0.1) is 0 Å². The van der Waals surface area contributed by atoms with Gasteiger partial charge >= 0.3 is 12.3 Å². The Kier molecular flexibility index (Phi) is 7.66. The van der Waals surface area contributed by atoms with Gasteiger partial charge in [-0.25, -0.2) is 8.78 Å². The summed E-state index contributed by atoms with van der Waals surface area (Å²) in [5.41, 5.74) is 0. The first kappa shape index (κ1) is 15.6. The summed E-state index contributed by atoms with van der Waals surface area (Å²) in [5.74, 6) is -4.14. The van der Waals surface area contributed by atoms with Crippen LogP contribution in [-0.4, -0.2) is 36.8 Å². The van der Waals surface area contributed by atoms with E-state index in [-0.39, 0.29) is 6.61 Å². The predicted molar refractivity (Wildman–Crippen MR) is 51.9 cm³/mol. The molecular weight excluding hydrogens is 228 g/mol. The molecule has 0 rings (SSSR count). The summed E-state index contributed by atoms with van der Waals surface area (Å²) >= 11 is 0. The van der Waals surface area contributed by atoms with E-state index in [4.69, 9.17) is 0 Å². The molecule has 0 radical (unpaired) electrons. The zero-order valence-electron chi connectivity index (χ0n) is 9.26. The van der Waals surface area contributed by atoms with Crippen LogP contribution in [0.4, 0.5) is 17.6 Å². The van der Waals surface area contributed by atoms with Crippen LogP contribution in [0.1, 0.15) is 32.6 Å². The quantitative estimate of drug-likeness (QED) is 0.500. The number of alkyl halides is 4. The Bertz CT molecular complexity index is 176. The molecule has 0 saturated heterocycles. The maximum atomic E-state index is 12.3. The zero-order chi connectivity index (χ0) is 12.6. The Balaban J connectivity index is 3.57. The lowest BCUT2D eigenvalue weighted by molar-refractivity contribution is -0.170. The average molecular weight is 246 g/mol. The first-order valence-corrected chi connectivity index (χ1v) is 5.32. The highest BCUT2D eigenvalue weighted by atomic mass is 19.3. The monoisotopic (exact) mass is 246 g/mol. The van der Waals surface area contributed by atoms with Crippen molar-refractivity contribution in [2.45, 2.75) is 51.1 Å². The fourth-order valence-electron chi connectivity index (χ4n) is 1.11. The van der Waals surface area contributed by atoms with Gasteiger partial charge in [-0.15, -0.1) is 0 Å². The summed E-state index contributed by atoms with van der Waals surface area (Å²) in [7, 11) is 0. The van der Waals surface area contributed by atoms with Crippen molar-refractivity contribution >= 4 is 0 Å². The molecule has 1 unspecified atom stereocenters. The molecule has 2 nitrogen and oxygen atoms in total. The Morgan fingerprint density at radius 3 is 2.38 bits per heavy atom. The highest BCUT2D eigenvalue weighted by Crippen LogP contribution is 2.22. The van der Waals surface area contributed by atoms with Gasteiger partial charge in [0.15, 0.2) is 0 Å². The van der Waals surface area contributed by atoms with Crippen LogP contribution in [0.25, 0.3) is 0 Å². The van der Waals surface area contributed by atoms with Gasteiger partial charge in [-0.1, -0.05) is 26.2 Å². The van der Waals surface area contributed by atoms with Crippen LogP contribution in [0.3, 0.4) is 0 Å². The van der Waals surface area contributed by atoms with E-state index in [1.54, 1.807) is 0 Å². The first-order chi connectivity index (χ1) is 7.40. The van der Waals surface area contributed by atoms with Crippen molar-refractivity contribution in [3.8, 4) is 0 Å². The Morgan fingerprint density at radius 1 is 1.25 bits per heavy atom. The van der Waals surface area contributed by atoms with Gasteiger partial charge in [-0.2, -0.15) is 8.78 Å². The summed E-state index contributed by atoms with van der Waals surface area (Å²) < 4.78 is 52.5. The molecule has 16 heavy (non-hydrogen) atoms. The summed E-state index contributed by atoms with van der Waals surface area (Å²) in [4.78, 5) is 0. The van der Waals surface area contributed by atoms with Crippen LogP contribution in [0.2, 0.25) is 0 Å². The number of rotatable bonds is 9. The van der Waals surface area contributed by atoms with Crippen LogP contribution >= 0.6 is 0 Å². The molecule has 1 atom stereocenters. The predicted octanol–water partition coefficient (Wildman–Crippen LogP) is 2.84. The van der Waals surface area contributed by atoms with Crippen molar-refractivity contribution < 1.29 is 27.4 Å². The first-order valence-electron chi connectivity index (χ1n) is 5.32. The van der Waals surface area contributed by atoms with E-state index in [1.807, 2.05) is 6.92 Å². The minimum atomic E-state index is -4.14. The molecule has 0 aromatic rings. The van der Waals surface area contributed by atoms with E-state index < -0.39 is 25.1 Å². The molecule has 6 heteroatoms. The van der Waals surface area contributed by atoms with E-state index in [2.05, 4.69) is 4.74 Å². The van der Waals surface area contributed by atoms with E-state index in [0.717, 1.165) is 19.3 Å². The maximum absolute atomic E-state index is 12.3. The summed E-state index contributed by atoms with van der Waals surface area (Å²) in [6, 6.07) is 0. The molecule has 98 valence electrons. The van der Waals surface area contributed by atoms with Crippen molar-refractivity contribution in [1.29, 1.82) is 0 Å². The smallest absolute Gasteiger partial charge is 0.330 e. The molecular formula is C10H18F4O2. The standard InChI is InChI=1S/C10H18F4O2/c1-2-3-4-5-8(15)6-16-7-10(13,14)9(11)12/h8-9,15H,2-7H2,1H3. The number of aliphatic hydroxyl groups is 1. The van der Waals surface area contributed by atoms with Gasteiger partial charge in [0.1, 0.15) is 6.61 Å². The number of halogens is 4.